The molecule has 0 bridgehead atoms. The molecule has 0 aliphatic rings. The molecule has 0 unspecified atom stereocenters. The van der Waals surface area contributed by atoms with Crippen LogP contribution in [0.4, 0.5) is 4.39 Å². The fraction of sp³-hybridized carbons (Fsp3) is 0.0714. The molecule has 0 fully saturated rings. The quantitative estimate of drug-likeness (QED) is 0.662. The first kappa shape index (κ1) is 14.6. The van der Waals surface area contributed by atoms with Crippen LogP contribution in [0.1, 0.15) is 11.1 Å². The predicted molar refractivity (Wildman–Crippen MR) is 78.2 cm³/mol. The van der Waals surface area contributed by atoms with Crippen molar-refractivity contribution >= 4 is 29.0 Å². The SMILES string of the molecule is N=C(N)c1ccc(OCc2ccc(Cl)cc2F)cc1Cl. The van der Waals surface area contributed by atoms with Crippen LogP contribution >= 0.6 is 23.2 Å². The Hall–Kier alpha value is -1.78. The summed E-state index contributed by atoms with van der Waals surface area (Å²) in [5.41, 5.74) is 6.18. The van der Waals surface area contributed by atoms with Crippen molar-refractivity contribution in [3.63, 3.8) is 0 Å². The molecule has 3 N–H and O–H groups in total. The van der Waals surface area contributed by atoms with Crippen LogP contribution in [0.15, 0.2) is 36.4 Å². The zero-order valence-electron chi connectivity index (χ0n) is 10.3. The first-order valence-corrected chi connectivity index (χ1v) is 6.43. The second-order valence-corrected chi connectivity index (χ2v) is 4.92. The molecular weight excluding hydrogens is 302 g/mol. The summed E-state index contributed by atoms with van der Waals surface area (Å²) >= 11 is 11.6. The summed E-state index contributed by atoms with van der Waals surface area (Å²) in [5.74, 6) is -0.0800. The highest BCUT2D eigenvalue weighted by Gasteiger charge is 2.07. The van der Waals surface area contributed by atoms with E-state index in [0.717, 1.165) is 0 Å². The van der Waals surface area contributed by atoms with E-state index in [1.807, 2.05) is 0 Å². The highest BCUT2D eigenvalue weighted by molar-refractivity contribution is 6.34. The minimum atomic E-state index is -0.427. The Morgan fingerprint density at radius 3 is 2.55 bits per heavy atom. The fourth-order valence-corrected chi connectivity index (χ4v) is 2.03. The Labute approximate surface area is 125 Å². The Morgan fingerprint density at radius 1 is 1.20 bits per heavy atom. The molecule has 0 aromatic heterocycles. The van der Waals surface area contributed by atoms with E-state index in [4.69, 9.17) is 39.1 Å². The van der Waals surface area contributed by atoms with Crippen LogP contribution in [0, 0.1) is 11.2 Å². The van der Waals surface area contributed by atoms with Gasteiger partial charge < -0.3 is 10.5 Å². The minimum Gasteiger partial charge on any atom is -0.489 e. The van der Waals surface area contributed by atoms with Crippen molar-refractivity contribution in [2.24, 2.45) is 5.73 Å². The van der Waals surface area contributed by atoms with E-state index in [1.54, 1.807) is 24.3 Å². The molecule has 0 aliphatic heterocycles. The highest BCUT2D eigenvalue weighted by atomic mass is 35.5. The van der Waals surface area contributed by atoms with Crippen molar-refractivity contribution in [1.29, 1.82) is 5.41 Å². The van der Waals surface area contributed by atoms with Gasteiger partial charge in [0.25, 0.3) is 0 Å². The lowest BCUT2D eigenvalue weighted by Crippen LogP contribution is -2.11. The van der Waals surface area contributed by atoms with Gasteiger partial charge >= 0.3 is 0 Å². The van der Waals surface area contributed by atoms with Crippen molar-refractivity contribution in [1.82, 2.24) is 0 Å². The van der Waals surface area contributed by atoms with Crippen molar-refractivity contribution in [2.75, 3.05) is 0 Å². The largest absolute Gasteiger partial charge is 0.489 e. The van der Waals surface area contributed by atoms with Crippen LogP contribution in [0.2, 0.25) is 10.0 Å². The van der Waals surface area contributed by atoms with Crippen LogP contribution in [-0.4, -0.2) is 5.84 Å². The molecular formula is C14H11Cl2FN2O. The first-order valence-electron chi connectivity index (χ1n) is 5.68. The average molecular weight is 313 g/mol. The number of rotatable bonds is 4. The van der Waals surface area contributed by atoms with Gasteiger partial charge in [0.05, 0.1) is 5.02 Å². The van der Waals surface area contributed by atoms with Gasteiger partial charge in [0.15, 0.2) is 0 Å². The Balaban J connectivity index is 2.11. The molecule has 0 amide bonds. The molecule has 0 heterocycles. The number of benzene rings is 2. The third-order valence-electron chi connectivity index (χ3n) is 2.64. The van der Waals surface area contributed by atoms with E-state index in [0.29, 0.717) is 26.9 Å². The maximum absolute atomic E-state index is 13.6. The molecule has 3 nitrogen and oxygen atoms in total. The summed E-state index contributed by atoms with van der Waals surface area (Å²) in [4.78, 5) is 0. The van der Waals surface area contributed by atoms with Gasteiger partial charge in [0.2, 0.25) is 0 Å². The number of hydrogen-bond acceptors (Lipinski definition) is 2. The standard InChI is InChI=1S/C14H11Cl2FN2O/c15-9-2-1-8(13(17)5-9)7-20-10-3-4-11(14(18)19)12(16)6-10/h1-6H,7H2,(H3,18,19). The van der Waals surface area contributed by atoms with E-state index in [9.17, 15) is 4.39 Å². The van der Waals surface area contributed by atoms with Crippen LogP contribution in [0.25, 0.3) is 0 Å². The molecule has 6 heteroatoms. The first-order chi connectivity index (χ1) is 9.47. The van der Waals surface area contributed by atoms with Gasteiger partial charge in [0, 0.05) is 16.1 Å². The zero-order valence-corrected chi connectivity index (χ0v) is 11.8. The van der Waals surface area contributed by atoms with Gasteiger partial charge in [-0.15, -0.1) is 0 Å². The van der Waals surface area contributed by atoms with Crippen LogP contribution < -0.4 is 10.5 Å². The molecule has 2 rings (SSSR count). The topological polar surface area (TPSA) is 59.1 Å². The van der Waals surface area contributed by atoms with E-state index in [1.165, 1.54) is 12.1 Å². The molecule has 2 aromatic carbocycles. The van der Waals surface area contributed by atoms with Gasteiger partial charge in [-0.2, -0.15) is 0 Å². The second-order valence-electron chi connectivity index (χ2n) is 4.08. The molecule has 0 aliphatic carbocycles. The van der Waals surface area contributed by atoms with E-state index < -0.39 is 5.82 Å². The summed E-state index contributed by atoms with van der Waals surface area (Å²) in [6, 6.07) is 9.12. The summed E-state index contributed by atoms with van der Waals surface area (Å²) in [5, 5.41) is 7.97. The van der Waals surface area contributed by atoms with Crippen LogP contribution in [0.3, 0.4) is 0 Å². The fourth-order valence-electron chi connectivity index (χ4n) is 1.60. The maximum Gasteiger partial charge on any atom is 0.131 e. The molecule has 20 heavy (non-hydrogen) atoms. The zero-order chi connectivity index (χ0) is 14.7. The Bertz CT molecular complexity index is 662. The number of nitrogen functional groups attached to an aromatic ring is 1. The number of halogens is 3. The van der Waals surface area contributed by atoms with Crippen molar-refractivity contribution in [3.8, 4) is 5.75 Å². The molecule has 104 valence electrons. The summed E-state index contributed by atoms with van der Waals surface area (Å²) in [6.07, 6.45) is 0. The average Bonchev–Trinajstić information content (AvgIpc) is 2.37. The van der Waals surface area contributed by atoms with E-state index in [-0.39, 0.29) is 12.4 Å². The molecule has 2 aromatic rings. The number of ether oxygens (including phenoxy) is 1. The van der Waals surface area contributed by atoms with Gasteiger partial charge in [-0.1, -0.05) is 29.3 Å². The smallest absolute Gasteiger partial charge is 0.131 e. The van der Waals surface area contributed by atoms with Crippen molar-refractivity contribution < 1.29 is 9.13 Å². The third kappa shape index (κ3) is 3.40. The van der Waals surface area contributed by atoms with Gasteiger partial charge in [-0.25, -0.2) is 4.39 Å². The van der Waals surface area contributed by atoms with Gasteiger partial charge in [-0.05, 0) is 30.3 Å². The number of hydrogen-bond donors (Lipinski definition) is 2. The van der Waals surface area contributed by atoms with E-state index in [2.05, 4.69) is 0 Å². The maximum atomic E-state index is 13.6. The lowest BCUT2D eigenvalue weighted by molar-refractivity contribution is 0.300. The molecule has 0 saturated heterocycles. The van der Waals surface area contributed by atoms with Gasteiger partial charge in [0.1, 0.15) is 24.0 Å². The lowest BCUT2D eigenvalue weighted by Gasteiger charge is -2.09. The lowest BCUT2D eigenvalue weighted by atomic mass is 10.2. The minimum absolute atomic E-state index is 0.0543. The summed E-state index contributed by atoms with van der Waals surface area (Å²) in [6.45, 7) is 0.0543. The van der Waals surface area contributed by atoms with E-state index >= 15 is 0 Å². The molecule has 0 atom stereocenters. The number of nitrogens with one attached hydrogen (secondary N) is 1. The van der Waals surface area contributed by atoms with Crippen molar-refractivity contribution in [2.45, 2.75) is 6.61 Å². The Morgan fingerprint density at radius 2 is 1.95 bits per heavy atom. The second kappa shape index (κ2) is 6.11. The summed E-state index contributed by atoms with van der Waals surface area (Å²) < 4.78 is 19.0. The summed E-state index contributed by atoms with van der Waals surface area (Å²) in [7, 11) is 0. The number of nitrogens with two attached hydrogens (primary N) is 1. The van der Waals surface area contributed by atoms with Crippen LogP contribution in [0.5, 0.6) is 5.75 Å². The highest BCUT2D eigenvalue weighted by Crippen LogP contribution is 2.23. The normalized spacial score (nSPS) is 10.3. The third-order valence-corrected chi connectivity index (χ3v) is 3.19. The van der Waals surface area contributed by atoms with Crippen LogP contribution in [-0.2, 0) is 6.61 Å². The number of amidine groups is 1. The Kier molecular flexibility index (Phi) is 4.47. The molecule has 0 saturated carbocycles. The molecule has 0 radical (unpaired) electrons. The monoisotopic (exact) mass is 312 g/mol. The molecule has 0 spiro atoms. The van der Waals surface area contributed by atoms with Gasteiger partial charge in [-0.3, -0.25) is 5.41 Å². The van der Waals surface area contributed by atoms with Crippen molar-refractivity contribution in [3.05, 3.63) is 63.4 Å². The predicted octanol–water partition coefficient (Wildman–Crippen LogP) is 4.00.